The van der Waals surface area contributed by atoms with Crippen LogP contribution < -0.4 is 15.4 Å². The number of anilines is 1. The van der Waals surface area contributed by atoms with E-state index in [4.69, 9.17) is 27.9 Å². The first kappa shape index (κ1) is 26.9. The Balaban J connectivity index is 1.55. The summed E-state index contributed by atoms with van der Waals surface area (Å²) in [7, 11) is 0. The number of carbonyl (C=O) groups is 2. The van der Waals surface area contributed by atoms with Gasteiger partial charge in [0, 0.05) is 31.3 Å². The maximum absolute atomic E-state index is 14.3. The maximum Gasteiger partial charge on any atom is 0.237 e. The first-order valence-corrected chi connectivity index (χ1v) is 14.5. The molecule has 1 fully saturated rings. The lowest BCUT2D eigenvalue weighted by molar-refractivity contribution is -0.135. The summed E-state index contributed by atoms with van der Waals surface area (Å²) in [5.41, 5.74) is 1.44. The van der Waals surface area contributed by atoms with Crippen molar-refractivity contribution < 1.29 is 14.3 Å². The Morgan fingerprint density at radius 1 is 1.02 bits per heavy atom. The predicted molar refractivity (Wildman–Crippen MR) is 162 cm³/mol. The van der Waals surface area contributed by atoms with Gasteiger partial charge in [-0.05, 0) is 107 Å². The number of rotatable bonds is 4. The molecular formula is C31H22Cl2IN3O3. The zero-order chi connectivity index (χ0) is 28.0. The number of nitriles is 1. The molecule has 0 saturated carbocycles. The van der Waals surface area contributed by atoms with Gasteiger partial charge in [-0.3, -0.25) is 9.59 Å². The van der Waals surface area contributed by atoms with E-state index in [1.807, 2.05) is 42.5 Å². The van der Waals surface area contributed by atoms with Gasteiger partial charge in [-0.2, -0.15) is 5.26 Å². The Morgan fingerprint density at radius 2 is 1.82 bits per heavy atom. The minimum Gasteiger partial charge on any atom is -0.457 e. The molecule has 2 N–H and O–H groups in total. The number of ether oxygens (including phenoxy) is 1. The van der Waals surface area contributed by atoms with Crippen molar-refractivity contribution in [3.8, 4) is 17.6 Å². The summed E-state index contributed by atoms with van der Waals surface area (Å²) in [6.45, 7) is 0. The van der Waals surface area contributed by atoms with Gasteiger partial charge in [-0.25, -0.2) is 0 Å². The van der Waals surface area contributed by atoms with Crippen LogP contribution in [0.25, 0.3) is 0 Å². The molecule has 2 heterocycles. The van der Waals surface area contributed by atoms with Crippen LogP contribution in [-0.4, -0.2) is 11.8 Å². The molecule has 2 aliphatic heterocycles. The number of amides is 2. The maximum atomic E-state index is 14.3. The Labute approximate surface area is 255 Å². The van der Waals surface area contributed by atoms with Crippen molar-refractivity contribution >= 4 is 63.3 Å². The second-order valence-corrected chi connectivity index (χ2v) is 12.3. The summed E-state index contributed by atoms with van der Waals surface area (Å²) in [6.07, 6.45) is 6.46. The van der Waals surface area contributed by atoms with Crippen LogP contribution in [0.5, 0.6) is 11.5 Å². The lowest BCUT2D eigenvalue weighted by Gasteiger charge is -2.49. The van der Waals surface area contributed by atoms with Crippen LogP contribution in [0.2, 0.25) is 5.02 Å². The van der Waals surface area contributed by atoms with Crippen molar-refractivity contribution in [2.75, 3.05) is 5.32 Å². The molecule has 3 aliphatic rings. The fourth-order valence-corrected chi connectivity index (χ4v) is 7.14. The van der Waals surface area contributed by atoms with Crippen LogP contribution >= 0.6 is 45.8 Å². The van der Waals surface area contributed by atoms with Crippen LogP contribution in [0, 0.1) is 26.7 Å². The zero-order valence-corrected chi connectivity index (χ0v) is 24.6. The first-order valence-electron chi connectivity index (χ1n) is 12.7. The average molecular weight is 682 g/mol. The van der Waals surface area contributed by atoms with Crippen LogP contribution in [0.15, 0.2) is 83.9 Å². The first-order chi connectivity index (χ1) is 19.3. The Kier molecular flexibility index (Phi) is 7.11. The van der Waals surface area contributed by atoms with E-state index in [1.54, 1.807) is 36.4 Å². The van der Waals surface area contributed by atoms with Crippen LogP contribution in [0.3, 0.4) is 0 Å². The van der Waals surface area contributed by atoms with E-state index in [0.717, 1.165) is 9.13 Å². The molecular weight excluding hydrogens is 660 g/mol. The summed E-state index contributed by atoms with van der Waals surface area (Å²) in [6, 6.07) is 19.3. The van der Waals surface area contributed by atoms with Gasteiger partial charge in [0.05, 0.1) is 17.7 Å². The third-order valence-corrected chi connectivity index (χ3v) is 9.07. The molecule has 1 unspecified atom stereocenters. The van der Waals surface area contributed by atoms with E-state index in [-0.39, 0.29) is 24.2 Å². The van der Waals surface area contributed by atoms with Gasteiger partial charge in [-0.1, -0.05) is 41.4 Å². The van der Waals surface area contributed by atoms with E-state index in [2.05, 4.69) is 39.3 Å². The third-order valence-electron chi connectivity index (χ3n) is 7.88. The van der Waals surface area contributed by atoms with E-state index >= 15 is 0 Å². The van der Waals surface area contributed by atoms with Gasteiger partial charge in [-0.15, -0.1) is 0 Å². The van der Waals surface area contributed by atoms with Gasteiger partial charge >= 0.3 is 0 Å². The number of fused-ring (bicyclic) bond motifs is 2. The van der Waals surface area contributed by atoms with Crippen LogP contribution in [0.4, 0.5) is 5.69 Å². The third kappa shape index (κ3) is 4.58. The van der Waals surface area contributed by atoms with E-state index in [1.165, 1.54) is 0 Å². The molecule has 0 bridgehead atoms. The standard InChI is InChI=1S/C31H22Cl2IN3O3/c32-19-3-1-2-18(12-19)25-15-28(38)37-29(31(25)24-10-6-20(33)13-26(24)36-30(31)39)23-14-21(34)7-11-27(23)40-22-8-4-17(16-35)5-9-22/h1-11,13-14,18,25,29H,12,15H2,(H,36,39)(H,37,38)/t18?,25-,29+,31-/m0/s1. The van der Waals surface area contributed by atoms with Gasteiger partial charge in [0.1, 0.15) is 16.9 Å². The molecule has 9 heteroatoms. The molecule has 3 aromatic carbocycles. The Morgan fingerprint density at radius 3 is 2.58 bits per heavy atom. The molecule has 6 nitrogen and oxygen atoms in total. The smallest absolute Gasteiger partial charge is 0.237 e. The van der Waals surface area contributed by atoms with Crippen molar-refractivity contribution in [2.45, 2.75) is 24.3 Å². The fraction of sp³-hybridized carbons (Fsp3) is 0.194. The van der Waals surface area contributed by atoms with Crippen molar-refractivity contribution in [1.82, 2.24) is 5.32 Å². The number of piperidine rings is 1. The molecule has 2 amide bonds. The minimum absolute atomic E-state index is 0.149. The van der Waals surface area contributed by atoms with Gasteiger partial charge in [0.25, 0.3) is 0 Å². The fourth-order valence-electron chi connectivity index (χ4n) is 6.21. The average Bonchev–Trinajstić information content (AvgIpc) is 3.22. The highest BCUT2D eigenvalue weighted by Crippen LogP contribution is 2.58. The molecule has 0 radical (unpaired) electrons. The number of hydrogen-bond donors (Lipinski definition) is 2. The highest BCUT2D eigenvalue weighted by molar-refractivity contribution is 14.1. The molecule has 3 aromatic rings. The summed E-state index contributed by atoms with van der Waals surface area (Å²) in [5, 5.41) is 16.6. The van der Waals surface area contributed by atoms with E-state index < -0.39 is 17.4 Å². The second kappa shape index (κ2) is 10.6. The lowest BCUT2D eigenvalue weighted by Crippen LogP contribution is -2.59. The predicted octanol–water partition coefficient (Wildman–Crippen LogP) is 7.37. The molecule has 0 aromatic heterocycles. The summed E-state index contributed by atoms with van der Waals surface area (Å²) in [5.74, 6) is 0.129. The SMILES string of the molecule is N#Cc1ccc(Oc2ccc(I)cc2[C@H]2NC(=O)C[C@@H](C3C=CC=C(Cl)C3)[C@]23C(=O)Nc2cc(Cl)ccc23)cc1. The van der Waals surface area contributed by atoms with Crippen molar-refractivity contribution in [3.05, 3.63) is 109 Å². The Bertz CT molecular complexity index is 1650. The molecule has 1 spiro atoms. The van der Waals surface area contributed by atoms with Crippen LogP contribution in [-0.2, 0) is 15.0 Å². The summed E-state index contributed by atoms with van der Waals surface area (Å²) < 4.78 is 7.26. The second-order valence-electron chi connectivity index (χ2n) is 10.1. The topological polar surface area (TPSA) is 91.2 Å². The largest absolute Gasteiger partial charge is 0.457 e. The molecule has 40 heavy (non-hydrogen) atoms. The highest BCUT2D eigenvalue weighted by atomic mass is 127. The molecule has 4 atom stereocenters. The molecule has 1 saturated heterocycles. The molecule has 1 aliphatic carbocycles. The van der Waals surface area contributed by atoms with Crippen LogP contribution in [0.1, 0.15) is 35.6 Å². The lowest BCUT2D eigenvalue weighted by atomic mass is 9.57. The monoisotopic (exact) mass is 681 g/mol. The quantitative estimate of drug-likeness (QED) is 0.281. The van der Waals surface area contributed by atoms with E-state index in [0.29, 0.717) is 44.8 Å². The van der Waals surface area contributed by atoms with Crippen molar-refractivity contribution in [2.24, 2.45) is 11.8 Å². The zero-order valence-electron chi connectivity index (χ0n) is 21.0. The number of nitrogens with one attached hydrogen (secondary N) is 2. The van der Waals surface area contributed by atoms with E-state index in [9.17, 15) is 14.9 Å². The van der Waals surface area contributed by atoms with Gasteiger partial charge in [0.15, 0.2) is 0 Å². The summed E-state index contributed by atoms with van der Waals surface area (Å²) in [4.78, 5) is 27.7. The molecule has 200 valence electrons. The highest BCUT2D eigenvalue weighted by Gasteiger charge is 2.62. The van der Waals surface area contributed by atoms with Gasteiger partial charge < -0.3 is 15.4 Å². The number of halogens is 3. The normalized spacial score (nSPS) is 25.1. The number of hydrogen-bond acceptors (Lipinski definition) is 4. The van der Waals surface area contributed by atoms with Gasteiger partial charge in [0.2, 0.25) is 11.8 Å². The molecule has 6 rings (SSSR count). The Hall–Kier alpha value is -3.32. The minimum atomic E-state index is -1.16. The van der Waals surface area contributed by atoms with Crippen molar-refractivity contribution in [3.63, 3.8) is 0 Å². The number of allylic oxidation sites excluding steroid dienone is 4. The number of benzene rings is 3. The number of carbonyl (C=O) groups excluding carboxylic acids is 2. The van der Waals surface area contributed by atoms with Crippen molar-refractivity contribution in [1.29, 1.82) is 5.26 Å². The number of nitrogens with zero attached hydrogens (tertiary/aromatic N) is 1. The summed E-state index contributed by atoms with van der Waals surface area (Å²) >= 11 is 15.0.